The van der Waals surface area contributed by atoms with E-state index in [9.17, 15) is 26.3 Å². The monoisotopic (exact) mass is 286 g/mol. The highest BCUT2D eigenvalue weighted by Crippen LogP contribution is 2.31. The predicted molar refractivity (Wildman–Crippen MR) is 54.1 cm³/mol. The summed E-state index contributed by atoms with van der Waals surface area (Å²) in [6, 6.07) is 4.70. The molecule has 0 heterocycles. The summed E-state index contributed by atoms with van der Waals surface area (Å²) in [7, 11) is 0. The summed E-state index contributed by atoms with van der Waals surface area (Å²) in [5, 5.41) is 0. The van der Waals surface area contributed by atoms with E-state index in [1.165, 1.54) is 18.2 Å². The van der Waals surface area contributed by atoms with Crippen molar-refractivity contribution < 1.29 is 35.8 Å². The van der Waals surface area contributed by atoms with Gasteiger partial charge in [0.25, 0.3) is 0 Å². The van der Waals surface area contributed by atoms with Crippen molar-refractivity contribution in [1.29, 1.82) is 0 Å². The third-order valence-corrected chi connectivity index (χ3v) is 1.87. The van der Waals surface area contributed by atoms with Crippen LogP contribution in [-0.4, -0.2) is 18.8 Å². The van der Waals surface area contributed by atoms with Crippen molar-refractivity contribution in [2.24, 2.45) is 0 Å². The molecule has 0 bridgehead atoms. The van der Waals surface area contributed by atoms with Crippen molar-refractivity contribution in [3.8, 4) is 5.75 Å². The van der Waals surface area contributed by atoms with Crippen LogP contribution in [-0.2, 0) is 4.74 Å². The highest BCUT2D eigenvalue weighted by Gasteiger charge is 2.50. The molecule has 1 atom stereocenters. The van der Waals surface area contributed by atoms with Crippen LogP contribution < -0.4 is 4.74 Å². The number of hydrogen-bond donors (Lipinski definition) is 0. The molecule has 0 unspecified atom stereocenters. The zero-order chi connectivity index (χ0) is 14.7. The SMILES string of the molecule is C=Cc1ccc(OC(F)(F)[C@H](F)OC(F)(F)F)cc1. The Kier molecular flexibility index (Phi) is 4.46. The van der Waals surface area contributed by atoms with Gasteiger partial charge >= 0.3 is 18.8 Å². The standard InChI is InChI=1S/C11H8F6O2/c1-2-7-3-5-8(6-4-7)18-10(13,14)9(12)19-11(15,16)17/h2-6,9H,1H2/t9-/m1/s1. The third kappa shape index (κ3) is 4.82. The second-order valence-corrected chi connectivity index (χ2v) is 3.32. The van der Waals surface area contributed by atoms with Crippen molar-refractivity contribution in [2.45, 2.75) is 18.8 Å². The third-order valence-electron chi connectivity index (χ3n) is 1.87. The molecular weight excluding hydrogens is 278 g/mol. The van der Waals surface area contributed by atoms with Crippen LogP contribution in [0.5, 0.6) is 5.75 Å². The summed E-state index contributed by atoms with van der Waals surface area (Å²) < 4.78 is 79.9. The van der Waals surface area contributed by atoms with Gasteiger partial charge in [-0.1, -0.05) is 24.8 Å². The van der Waals surface area contributed by atoms with Gasteiger partial charge in [0.2, 0.25) is 0 Å². The molecular formula is C11H8F6O2. The van der Waals surface area contributed by atoms with E-state index in [4.69, 9.17) is 0 Å². The Hall–Kier alpha value is -1.70. The molecule has 2 nitrogen and oxygen atoms in total. The van der Waals surface area contributed by atoms with E-state index in [1.54, 1.807) is 0 Å². The molecule has 19 heavy (non-hydrogen) atoms. The zero-order valence-corrected chi connectivity index (χ0v) is 9.26. The summed E-state index contributed by atoms with van der Waals surface area (Å²) in [5.41, 5.74) is 0.569. The zero-order valence-electron chi connectivity index (χ0n) is 9.26. The molecule has 0 saturated carbocycles. The number of alkyl halides is 6. The topological polar surface area (TPSA) is 18.5 Å². The first-order chi connectivity index (χ1) is 8.64. The maximum absolute atomic E-state index is 13.0. The van der Waals surface area contributed by atoms with Gasteiger partial charge in [0.05, 0.1) is 0 Å². The average molecular weight is 286 g/mol. The van der Waals surface area contributed by atoms with Crippen LogP contribution in [0.2, 0.25) is 0 Å². The number of benzene rings is 1. The van der Waals surface area contributed by atoms with Crippen molar-refractivity contribution in [3.05, 3.63) is 36.4 Å². The van der Waals surface area contributed by atoms with Gasteiger partial charge in [0, 0.05) is 0 Å². The molecule has 0 fully saturated rings. The van der Waals surface area contributed by atoms with E-state index in [0.29, 0.717) is 5.56 Å². The van der Waals surface area contributed by atoms with E-state index in [2.05, 4.69) is 16.1 Å². The Morgan fingerprint density at radius 2 is 1.58 bits per heavy atom. The lowest BCUT2D eigenvalue weighted by Crippen LogP contribution is -2.41. The molecule has 0 aliphatic rings. The molecule has 0 radical (unpaired) electrons. The van der Waals surface area contributed by atoms with Crippen LogP contribution in [0, 0.1) is 0 Å². The average Bonchev–Trinajstić information content (AvgIpc) is 2.27. The predicted octanol–water partition coefficient (Wildman–Crippen LogP) is 4.13. The fourth-order valence-electron chi connectivity index (χ4n) is 1.06. The maximum atomic E-state index is 13.0. The molecule has 1 aromatic rings. The molecule has 0 aromatic heterocycles. The largest absolute Gasteiger partial charge is 0.525 e. The smallest absolute Gasteiger partial charge is 0.429 e. The molecule has 0 aliphatic carbocycles. The van der Waals surface area contributed by atoms with E-state index in [-0.39, 0.29) is 0 Å². The highest BCUT2D eigenvalue weighted by molar-refractivity contribution is 5.48. The first-order valence-corrected chi connectivity index (χ1v) is 4.82. The van der Waals surface area contributed by atoms with Crippen LogP contribution in [0.4, 0.5) is 26.3 Å². The van der Waals surface area contributed by atoms with Crippen molar-refractivity contribution in [1.82, 2.24) is 0 Å². The first-order valence-electron chi connectivity index (χ1n) is 4.82. The Balaban J connectivity index is 2.74. The fraction of sp³-hybridized carbons (Fsp3) is 0.273. The van der Waals surface area contributed by atoms with Crippen LogP contribution in [0.15, 0.2) is 30.8 Å². The van der Waals surface area contributed by atoms with E-state index >= 15 is 0 Å². The van der Waals surface area contributed by atoms with Crippen LogP contribution in [0.1, 0.15) is 5.56 Å². The lowest BCUT2D eigenvalue weighted by atomic mass is 10.2. The molecule has 106 valence electrons. The molecule has 0 saturated heterocycles. The van der Waals surface area contributed by atoms with E-state index < -0.39 is 24.6 Å². The molecule has 0 amide bonds. The molecule has 0 aliphatic heterocycles. The molecule has 0 spiro atoms. The first kappa shape index (κ1) is 15.4. The van der Waals surface area contributed by atoms with Gasteiger partial charge < -0.3 is 4.74 Å². The molecule has 1 aromatic carbocycles. The lowest BCUT2D eigenvalue weighted by Gasteiger charge is -2.22. The Morgan fingerprint density at radius 3 is 2.00 bits per heavy atom. The van der Waals surface area contributed by atoms with Crippen molar-refractivity contribution in [2.75, 3.05) is 0 Å². The Labute approximate surface area is 104 Å². The Morgan fingerprint density at radius 1 is 1.05 bits per heavy atom. The van der Waals surface area contributed by atoms with Gasteiger partial charge in [-0.3, -0.25) is 0 Å². The van der Waals surface area contributed by atoms with Crippen LogP contribution >= 0.6 is 0 Å². The molecule has 1 rings (SSSR count). The van der Waals surface area contributed by atoms with Gasteiger partial charge in [0.15, 0.2) is 0 Å². The highest BCUT2D eigenvalue weighted by atomic mass is 19.4. The number of halogens is 6. The van der Waals surface area contributed by atoms with E-state index in [0.717, 1.165) is 12.1 Å². The normalized spacial score (nSPS) is 14.0. The van der Waals surface area contributed by atoms with Gasteiger partial charge in [-0.25, -0.2) is 9.13 Å². The summed E-state index contributed by atoms with van der Waals surface area (Å²) in [6.45, 7) is 3.41. The molecule has 8 heteroatoms. The molecule has 0 N–H and O–H groups in total. The van der Waals surface area contributed by atoms with Gasteiger partial charge in [0.1, 0.15) is 5.75 Å². The Bertz CT molecular complexity index is 426. The van der Waals surface area contributed by atoms with Crippen molar-refractivity contribution in [3.63, 3.8) is 0 Å². The summed E-state index contributed by atoms with van der Waals surface area (Å²) in [5.74, 6) is -0.510. The van der Waals surface area contributed by atoms with Crippen LogP contribution in [0.25, 0.3) is 6.08 Å². The summed E-state index contributed by atoms with van der Waals surface area (Å²) in [4.78, 5) is 0. The lowest BCUT2D eigenvalue weighted by molar-refractivity contribution is -0.411. The second kappa shape index (κ2) is 5.52. The second-order valence-electron chi connectivity index (χ2n) is 3.32. The summed E-state index contributed by atoms with van der Waals surface area (Å²) >= 11 is 0. The maximum Gasteiger partial charge on any atom is 0.525 e. The fourth-order valence-corrected chi connectivity index (χ4v) is 1.06. The van der Waals surface area contributed by atoms with Crippen LogP contribution in [0.3, 0.4) is 0 Å². The number of hydrogen-bond acceptors (Lipinski definition) is 2. The van der Waals surface area contributed by atoms with Crippen molar-refractivity contribution >= 4 is 6.08 Å². The quantitative estimate of drug-likeness (QED) is 0.758. The van der Waals surface area contributed by atoms with Gasteiger partial charge in [-0.15, -0.1) is 13.2 Å². The summed E-state index contributed by atoms with van der Waals surface area (Å²) in [6.07, 6.45) is -12.9. The minimum absolute atomic E-state index is 0.510. The minimum atomic E-state index is -5.53. The number of ether oxygens (including phenoxy) is 2. The number of rotatable bonds is 5. The van der Waals surface area contributed by atoms with Gasteiger partial charge in [-0.05, 0) is 17.7 Å². The minimum Gasteiger partial charge on any atom is -0.429 e. The van der Waals surface area contributed by atoms with E-state index in [1.807, 2.05) is 0 Å². The van der Waals surface area contributed by atoms with Gasteiger partial charge in [-0.2, -0.15) is 8.78 Å².